The first-order valence-electron chi connectivity index (χ1n) is 12.4. The molecular formula is C29H23F7O4. The van der Waals surface area contributed by atoms with Crippen LogP contribution in [-0.4, -0.2) is 25.4 Å². The summed E-state index contributed by atoms with van der Waals surface area (Å²) in [4.78, 5) is 12.6. The Kier molecular flexibility index (Phi) is 9.01. The number of hydrogen-bond acceptors (Lipinski definition) is 4. The lowest BCUT2D eigenvalue weighted by molar-refractivity contribution is -0.206. The van der Waals surface area contributed by atoms with Crippen LogP contribution in [0.2, 0.25) is 0 Å². The number of alkyl halides is 3. The van der Waals surface area contributed by atoms with Gasteiger partial charge in [0, 0.05) is 22.8 Å². The fourth-order valence-electron chi connectivity index (χ4n) is 4.29. The molecule has 11 heteroatoms. The van der Waals surface area contributed by atoms with Crippen LogP contribution in [0.25, 0.3) is 10.8 Å². The molecular weight excluding hydrogens is 545 g/mol. The maximum Gasteiger partial charge on any atom is 0.458 e. The number of ether oxygens (including phenoxy) is 3. The van der Waals surface area contributed by atoms with E-state index in [1.165, 1.54) is 5.92 Å². The molecule has 0 atom stereocenters. The van der Waals surface area contributed by atoms with E-state index in [2.05, 4.69) is 6.92 Å². The van der Waals surface area contributed by atoms with Crippen molar-refractivity contribution in [3.8, 4) is 17.6 Å². The Hall–Kier alpha value is -3.62. The summed E-state index contributed by atoms with van der Waals surface area (Å²) in [6, 6.07) is 5.53. The summed E-state index contributed by atoms with van der Waals surface area (Å²) in [5.74, 6) is -4.53. The molecule has 3 aromatic rings. The van der Waals surface area contributed by atoms with Gasteiger partial charge in [-0.25, -0.2) is 22.4 Å². The van der Waals surface area contributed by atoms with E-state index in [-0.39, 0.29) is 28.0 Å². The van der Waals surface area contributed by atoms with Crippen molar-refractivity contribution in [1.29, 1.82) is 0 Å². The molecule has 3 aromatic carbocycles. The Morgan fingerprint density at radius 1 is 0.975 bits per heavy atom. The lowest BCUT2D eigenvalue weighted by Crippen LogP contribution is -2.27. The molecule has 1 aliphatic heterocycles. The molecule has 0 aromatic heterocycles. The lowest BCUT2D eigenvalue weighted by Gasteiger charge is -2.29. The van der Waals surface area contributed by atoms with Crippen molar-refractivity contribution in [3.63, 3.8) is 0 Å². The van der Waals surface area contributed by atoms with Gasteiger partial charge in [0.1, 0.15) is 34.6 Å². The van der Waals surface area contributed by atoms with Gasteiger partial charge < -0.3 is 14.2 Å². The van der Waals surface area contributed by atoms with Gasteiger partial charge in [-0.15, -0.1) is 0 Å². The van der Waals surface area contributed by atoms with Crippen molar-refractivity contribution in [2.24, 2.45) is 5.92 Å². The largest absolute Gasteiger partial charge is 0.458 e. The van der Waals surface area contributed by atoms with Gasteiger partial charge in [-0.2, -0.15) is 13.2 Å². The molecule has 0 spiro atoms. The minimum absolute atomic E-state index is 0.0413. The second kappa shape index (κ2) is 12.3. The van der Waals surface area contributed by atoms with Gasteiger partial charge in [-0.05, 0) is 48.2 Å². The van der Waals surface area contributed by atoms with Crippen molar-refractivity contribution in [2.45, 2.75) is 45.1 Å². The van der Waals surface area contributed by atoms with Crippen LogP contribution in [-0.2, 0) is 9.47 Å². The maximum absolute atomic E-state index is 14.8. The number of hydrogen-bond donors (Lipinski definition) is 0. The highest BCUT2D eigenvalue weighted by molar-refractivity contribution is 5.93. The first kappa shape index (κ1) is 29.4. The van der Waals surface area contributed by atoms with Crippen LogP contribution in [0.1, 0.15) is 60.4 Å². The van der Waals surface area contributed by atoms with E-state index in [0.29, 0.717) is 19.3 Å². The van der Waals surface area contributed by atoms with Gasteiger partial charge in [0.25, 0.3) is 0 Å². The Bertz CT molecular complexity index is 1440. The Morgan fingerprint density at radius 3 is 2.27 bits per heavy atom. The smallest absolute Gasteiger partial charge is 0.423 e. The van der Waals surface area contributed by atoms with Crippen molar-refractivity contribution < 1.29 is 49.7 Å². The normalized spacial score (nSPS) is 17.4. The molecule has 0 radical (unpaired) electrons. The van der Waals surface area contributed by atoms with E-state index in [0.717, 1.165) is 61.9 Å². The number of benzene rings is 3. The monoisotopic (exact) mass is 568 g/mol. The Labute approximate surface area is 225 Å². The number of fused-ring (bicyclic) bond motifs is 1. The summed E-state index contributed by atoms with van der Waals surface area (Å²) in [5.41, 5.74) is -2.05. The minimum atomic E-state index is -4.96. The second-order valence-electron chi connectivity index (χ2n) is 9.29. The van der Waals surface area contributed by atoms with E-state index in [1.54, 1.807) is 0 Å². The molecule has 0 N–H and O–H groups in total. The van der Waals surface area contributed by atoms with E-state index in [4.69, 9.17) is 14.2 Å². The molecule has 0 bridgehead atoms. The molecule has 0 saturated carbocycles. The molecule has 212 valence electrons. The third-order valence-corrected chi connectivity index (χ3v) is 6.26. The summed E-state index contributed by atoms with van der Waals surface area (Å²) in [7, 11) is 0. The highest BCUT2D eigenvalue weighted by Gasteiger charge is 2.28. The van der Waals surface area contributed by atoms with Gasteiger partial charge in [0.2, 0.25) is 0 Å². The van der Waals surface area contributed by atoms with Crippen LogP contribution in [0.3, 0.4) is 0 Å². The van der Waals surface area contributed by atoms with Crippen LogP contribution in [0.5, 0.6) is 5.75 Å². The lowest BCUT2D eigenvalue weighted by atomic mass is 10.0. The highest BCUT2D eigenvalue weighted by Crippen LogP contribution is 2.31. The summed E-state index contributed by atoms with van der Waals surface area (Å²) < 4.78 is 112. The number of carbonyl (C=O) groups is 1. The number of halogens is 7. The summed E-state index contributed by atoms with van der Waals surface area (Å²) in [5, 5.41) is -0.497. The Balaban J connectivity index is 1.49. The van der Waals surface area contributed by atoms with Gasteiger partial charge in [-0.1, -0.05) is 32.1 Å². The van der Waals surface area contributed by atoms with Crippen LogP contribution in [0.4, 0.5) is 30.7 Å². The van der Waals surface area contributed by atoms with Crippen LogP contribution in [0.15, 0.2) is 36.4 Å². The predicted octanol–water partition coefficient (Wildman–Crippen LogP) is 7.77. The standard InChI is InChI=1S/C29H23F7O4/c1-2-3-4-5-16-14-38-28(39-15-16)18-12-23(31)25(24(32)13-18)27(37)40-19-6-7-20-17(10-19)11-22(30)21(26(20)33)8-9-29(34,35)36/h6-7,10-13,16,28H,2-5,14-15H2,1H3. The number of esters is 1. The average Bonchev–Trinajstić information content (AvgIpc) is 2.88. The predicted molar refractivity (Wildman–Crippen MR) is 130 cm³/mol. The van der Waals surface area contributed by atoms with Crippen molar-refractivity contribution >= 4 is 16.7 Å². The topological polar surface area (TPSA) is 44.8 Å². The van der Waals surface area contributed by atoms with Gasteiger partial charge in [0.15, 0.2) is 6.29 Å². The highest BCUT2D eigenvalue weighted by atomic mass is 19.4. The van der Waals surface area contributed by atoms with E-state index >= 15 is 0 Å². The molecule has 1 heterocycles. The first-order valence-corrected chi connectivity index (χ1v) is 12.4. The van der Waals surface area contributed by atoms with Gasteiger partial charge in [-0.3, -0.25) is 0 Å². The first-order chi connectivity index (χ1) is 19.0. The molecule has 40 heavy (non-hydrogen) atoms. The number of carbonyl (C=O) groups excluding carboxylic acids is 1. The van der Waals surface area contributed by atoms with Crippen molar-refractivity contribution in [3.05, 3.63) is 76.4 Å². The summed E-state index contributed by atoms with van der Waals surface area (Å²) >= 11 is 0. The van der Waals surface area contributed by atoms with Gasteiger partial charge >= 0.3 is 12.1 Å². The molecule has 1 fully saturated rings. The second-order valence-corrected chi connectivity index (χ2v) is 9.29. The molecule has 0 unspecified atom stereocenters. The van der Waals surface area contributed by atoms with Gasteiger partial charge in [0.05, 0.1) is 18.8 Å². The van der Waals surface area contributed by atoms with Crippen LogP contribution >= 0.6 is 0 Å². The number of unbranched alkanes of at least 4 members (excludes halogenated alkanes) is 2. The van der Waals surface area contributed by atoms with E-state index in [9.17, 15) is 35.5 Å². The summed E-state index contributed by atoms with van der Waals surface area (Å²) in [6.07, 6.45) is -1.86. The zero-order valence-electron chi connectivity index (χ0n) is 21.1. The average molecular weight is 568 g/mol. The van der Waals surface area contributed by atoms with Crippen molar-refractivity contribution in [2.75, 3.05) is 13.2 Å². The van der Waals surface area contributed by atoms with E-state index in [1.807, 2.05) is 0 Å². The molecule has 4 nitrogen and oxygen atoms in total. The van der Waals surface area contributed by atoms with Crippen LogP contribution in [0, 0.1) is 41.0 Å². The fourth-order valence-corrected chi connectivity index (χ4v) is 4.29. The molecule has 1 aliphatic rings. The molecule has 4 rings (SSSR count). The third-order valence-electron chi connectivity index (χ3n) is 6.26. The molecule has 0 amide bonds. The third kappa shape index (κ3) is 6.92. The Morgan fingerprint density at radius 2 is 1.65 bits per heavy atom. The minimum Gasteiger partial charge on any atom is -0.423 e. The fraction of sp³-hybridized carbons (Fsp3) is 0.345. The molecule has 1 saturated heterocycles. The zero-order chi connectivity index (χ0) is 29.0. The van der Waals surface area contributed by atoms with Crippen molar-refractivity contribution in [1.82, 2.24) is 0 Å². The maximum atomic E-state index is 14.8. The molecule has 0 aliphatic carbocycles. The quantitative estimate of drug-likeness (QED) is 0.0961. The van der Waals surface area contributed by atoms with E-state index < -0.39 is 52.8 Å². The number of rotatable bonds is 7. The SMILES string of the molecule is CCCCCC1COC(c2cc(F)c(C(=O)Oc3ccc4c(F)c(C#CC(F)(F)F)c(F)cc4c3)c(F)c2)OC1. The van der Waals surface area contributed by atoms with Crippen LogP contribution < -0.4 is 4.74 Å². The zero-order valence-corrected chi connectivity index (χ0v) is 21.1. The summed E-state index contributed by atoms with van der Waals surface area (Å²) in [6.45, 7) is 2.82.